The van der Waals surface area contributed by atoms with E-state index in [2.05, 4.69) is 15.8 Å². The molecule has 142 valence electrons. The molecule has 0 saturated carbocycles. The van der Waals surface area contributed by atoms with Crippen molar-refractivity contribution in [1.82, 2.24) is 5.43 Å². The quantitative estimate of drug-likeness (QED) is 0.354. The lowest BCUT2D eigenvalue weighted by Crippen LogP contribution is -2.25. The summed E-state index contributed by atoms with van der Waals surface area (Å²) in [5, 5.41) is 18.1. The molecule has 0 bridgehead atoms. The van der Waals surface area contributed by atoms with E-state index >= 15 is 0 Å². The first-order chi connectivity index (χ1) is 13.5. The van der Waals surface area contributed by atoms with Crippen LogP contribution >= 0.6 is 11.6 Å². The smallest absolute Gasteiger partial charge is 0.269 e. The highest BCUT2D eigenvalue weighted by Gasteiger charge is 2.08. The molecule has 8 nitrogen and oxygen atoms in total. The monoisotopic (exact) mass is 398 g/mol. The summed E-state index contributed by atoms with van der Waals surface area (Å²) in [7, 11) is 0. The van der Waals surface area contributed by atoms with Crippen LogP contribution in [-0.4, -0.2) is 23.6 Å². The van der Waals surface area contributed by atoms with Crippen LogP contribution in [0.25, 0.3) is 11.3 Å². The fourth-order valence-electron chi connectivity index (χ4n) is 2.28. The van der Waals surface area contributed by atoms with Crippen LogP contribution in [-0.2, 0) is 4.79 Å². The van der Waals surface area contributed by atoms with Crippen molar-refractivity contribution in [3.05, 3.63) is 81.6 Å². The van der Waals surface area contributed by atoms with Crippen LogP contribution < -0.4 is 10.7 Å². The number of carbonyl (C=O) groups excluding carboxylic acids is 1. The van der Waals surface area contributed by atoms with Crippen molar-refractivity contribution < 1.29 is 14.1 Å². The Morgan fingerprint density at radius 3 is 2.50 bits per heavy atom. The Morgan fingerprint density at radius 1 is 1.11 bits per heavy atom. The lowest BCUT2D eigenvalue weighted by atomic mass is 10.1. The number of rotatable bonds is 7. The molecule has 0 unspecified atom stereocenters. The fourth-order valence-corrected chi connectivity index (χ4v) is 2.41. The van der Waals surface area contributed by atoms with E-state index in [9.17, 15) is 14.9 Å². The summed E-state index contributed by atoms with van der Waals surface area (Å²) in [6.07, 6.45) is 1.37. The van der Waals surface area contributed by atoms with Crippen molar-refractivity contribution in [2.24, 2.45) is 5.10 Å². The van der Waals surface area contributed by atoms with E-state index in [-0.39, 0.29) is 18.1 Å². The average Bonchev–Trinajstić information content (AvgIpc) is 3.16. The van der Waals surface area contributed by atoms with Gasteiger partial charge in [-0.05, 0) is 48.5 Å². The zero-order valence-corrected chi connectivity index (χ0v) is 15.2. The molecule has 3 aromatic rings. The molecule has 2 aromatic carbocycles. The maximum Gasteiger partial charge on any atom is 0.269 e. The normalized spacial score (nSPS) is 10.8. The first-order valence-corrected chi connectivity index (χ1v) is 8.55. The Labute approximate surface area is 165 Å². The SMILES string of the molecule is O=C(CNc1ccc(Cl)cc1)N/N=C\c1ccc(-c2ccc([N+](=O)[O-])cc2)o1. The highest BCUT2D eigenvalue weighted by Crippen LogP contribution is 2.24. The van der Waals surface area contributed by atoms with Gasteiger partial charge in [0.25, 0.3) is 11.6 Å². The van der Waals surface area contributed by atoms with E-state index < -0.39 is 4.92 Å². The van der Waals surface area contributed by atoms with Gasteiger partial charge in [-0.25, -0.2) is 5.43 Å². The molecule has 0 fully saturated rings. The maximum atomic E-state index is 11.8. The highest BCUT2D eigenvalue weighted by atomic mass is 35.5. The third-order valence-electron chi connectivity index (χ3n) is 3.67. The number of anilines is 1. The Bertz CT molecular complexity index is 998. The number of amides is 1. The van der Waals surface area contributed by atoms with Crippen molar-refractivity contribution in [3.8, 4) is 11.3 Å². The minimum absolute atomic E-state index is 0.00649. The molecule has 1 amide bonds. The Hall–Kier alpha value is -3.65. The molecule has 28 heavy (non-hydrogen) atoms. The molecule has 1 heterocycles. The van der Waals surface area contributed by atoms with Crippen LogP contribution in [0, 0.1) is 10.1 Å². The number of halogens is 1. The molecule has 0 radical (unpaired) electrons. The van der Waals surface area contributed by atoms with Gasteiger partial charge in [0.15, 0.2) is 0 Å². The number of hydrogen-bond donors (Lipinski definition) is 2. The molecular formula is C19H15ClN4O4. The van der Waals surface area contributed by atoms with E-state index in [0.717, 1.165) is 5.69 Å². The van der Waals surface area contributed by atoms with Crippen molar-refractivity contribution in [2.45, 2.75) is 0 Å². The molecule has 0 aliphatic heterocycles. The van der Waals surface area contributed by atoms with Gasteiger partial charge in [0.1, 0.15) is 11.5 Å². The van der Waals surface area contributed by atoms with Gasteiger partial charge in [0, 0.05) is 28.4 Å². The van der Waals surface area contributed by atoms with E-state index in [4.69, 9.17) is 16.0 Å². The second-order valence-electron chi connectivity index (χ2n) is 5.66. The zero-order chi connectivity index (χ0) is 19.9. The van der Waals surface area contributed by atoms with Crippen LogP contribution in [0.4, 0.5) is 11.4 Å². The van der Waals surface area contributed by atoms with Gasteiger partial charge in [-0.1, -0.05) is 11.6 Å². The molecule has 0 atom stereocenters. The van der Waals surface area contributed by atoms with Gasteiger partial charge in [-0.15, -0.1) is 0 Å². The number of hydrogen-bond acceptors (Lipinski definition) is 6. The average molecular weight is 399 g/mol. The first-order valence-electron chi connectivity index (χ1n) is 8.17. The van der Waals surface area contributed by atoms with Gasteiger partial charge in [-0.2, -0.15) is 5.10 Å². The van der Waals surface area contributed by atoms with Gasteiger partial charge in [0.05, 0.1) is 17.7 Å². The van der Waals surface area contributed by atoms with Gasteiger partial charge in [0.2, 0.25) is 0 Å². The van der Waals surface area contributed by atoms with Crippen molar-refractivity contribution in [2.75, 3.05) is 11.9 Å². The summed E-state index contributed by atoms with van der Waals surface area (Å²) >= 11 is 5.80. The second kappa shape index (κ2) is 8.83. The number of carbonyl (C=O) groups is 1. The summed E-state index contributed by atoms with van der Waals surface area (Å²) in [5.74, 6) is 0.639. The molecule has 1 aromatic heterocycles. The van der Waals surface area contributed by atoms with Crippen LogP contribution in [0.5, 0.6) is 0 Å². The number of nitro groups is 1. The molecule has 3 rings (SSSR count). The number of non-ortho nitro benzene ring substituents is 1. The fraction of sp³-hybridized carbons (Fsp3) is 0.0526. The largest absolute Gasteiger partial charge is 0.455 e. The summed E-state index contributed by atoms with van der Waals surface area (Å²) in [4.78, 5) is 22.0. The van der Waals surface area contributed by atoms with Crippen LogP contribution in [0.15, 0.2) is 70.2 Å². The number of nitrogens with zero attached hydrogens (tertiary/aromatic N) is 2. The van der Waals surface area contributed by atoms with Crippen molar-refractivity contribution >= 4 is 35.1 Å². The topological polar surface area (TPSA) is 110 Å². The zero-order valence-electron chi connectivity index (χ0n) is 14.5. The minimum atomic E-state index is -0.464. The Morgan fingerprint density at radius 2 is 1.82 bits per heavy atom. The summed E-state index contributed by atoms with van der Waals surface area (Å²) in [6, 6.07) is 16.4. The molecule has 9 heteroatoms. The van der Waals surface area contributed by atoms with Crippen LogP contribution in [0.2, 0.25) is 5.02 Å². The van der Waals surface area contributed by atoms with Crippen LogP contribution in [0.3, 0.4) is 0 Å². The lowest BCUT2D eigenvalue weighted by Gasteiger charge is -2.04. The predicted molar refractivity (Wildman–Crippen MR) is 106 cm³/mol. The summed E-state index contributed by atoms with van der Waals surface area (Å²) in [6.45, 7) is 0.0468. The van der Waals surface area contributed by atoms with E-state index in [1.807, 2.05) is 0 Å². The first kappa shape index (κ1) is 19.1. The summed E-state index contributed by atoms with van der Waals surface area (Å²) < 4.78 is 5.59. The highest BCUT2D eigenvalue weighted by molar-refractivity contribution is 6.30. The Kier molecular flexibility index (Phi) is 6.03. The number of nitro benzene ring substituents is 1. The van der Waals surface area contributed by atoms with Crippen LogP contribution in [0.1, 0.15) is 5.76 Å². The molecule has 0 aliphatic rings. The van der Waals surface area contributed by atoms with E-state index in [1.165, 1.54) is 18.3 Å². The molecule has 0 spiro atoms. The third kappa shape index (κ3) is 5.18. The number of hydrazone groups is 1. The Balaban J connectivity index is 1.51. The van der Waals surface area contributed by atoms with E-state index in [1.54, 1.807) is 48.5 Å². The standard InChI is InChI=1S/C19H15ClN4O4/c20-14-3-5-15(6-4-14)21-12-19(25)23-22-11-17-9-10-18(28-17)13-1-7-16(8-2-13)24(26)27/h1-11,21H,12H2,(H,23,25)/b22-11-. The molecule has 0 aliphatic carbocycles. The second-order valence-corrected chi connectivity index (χ2v) is 6.10. The van der Waals surface area contributed by atoms with Crippen molar-refractivity contribution in [3.63, 3.8) is 0 Å². The molecular weight excluding hydrogens is 384 g/mol. The molecule has 0 saturated heterocycles. The predicted octanol–water partition coefficient (Wildman–Crippen LogP) is 4.07. The van der Waals surface area contributed by atoms with Gasteiger partial charge >= 0.3 is 0 Å². The van der Waals surface area contributed by atoms with Gasteiger partial charge < -0.3 is 9.73 Å². The maximum absolute atomic E-state index is 11.8. The van der Waals surface area contributed by atoms with Crippen molar-refractivity contribution in [1.29, 1.82) is 0 Å². The lowest BCUT2D eigenvalue weighted by molar-refractivity contribution is -0.384. The minimum Gasteiger partial charge on any atom is -0.455 e. The number of nitrogens with one attached hydrogen (secondary N) is 2. The van der Waals surface area contributed by atoms with E-state index in [0.29, 0.717) is 22.1 Å². The molecule has 2 N–H and O–H groups in total. The number of furan rings is 1. The number of benzene rings is 2. The van der Waals surface area contributed by atoms with Gasteiger partial charge in [-0.3, -0.25) is 14.9 Å². The summed E-state index contributed by atoms with van der Waals surface area (Å²) in [5.41, 5.74) is 3.86. The third-order valence-corrected chi connectivity index (χ3v) is 3.92.